The number of nitrogens with one attached hydrogen (secondary N) is 2. The van der Waals surface area contributed by atoms with E-state index in [-0.39, 0.29) is 42.8 Å². The number of nitro groups is 1. The number of ether oxygens (including phenoxy) is 2. The van der Waals surface area contributed by atoms with Crippen LogP contribution in [0.2, 0.25) is 0 Å². The maximum absolute atomic E-state index is 12.0. The molecule has 0 aliphatic carbocycles. The lowest BCUT2D eigenvalue weighted by Crippen LogP contribution is -2.46. The van der Waals surface area contributed by atoms with Gasteiger partial charge in [-0.3, -0.25) is 24.6 Å². The summed E-state index contributed by atoms with van der Waals surface area (Å²) in [5.74, 6) is -0.457. The first-order chi connectivity index (χ1) is 12.0. The quantitative estimate of drug-likeness (QED) is 0.349. The molecule has 1 aromatic rings. The van der Waals surface area contributed by atoms with Crippen molar-refractivity contribution in [1.29, 1.82) is 0 Å². The van der Waals surface area contributed by atoms with E-state index in [1.165, 1.54) is 23.1 Å². The Balaban J connectivity index is 0.00000338. The summed E-state index contributed by atoms with van der Waals surface area (Å²) in [5.41, 5.74) is 0.0450. The van der Waals surface area contributed by atoms with Gasteiger partial charge in [-0.1, -0.05) is 0 Å². The zero-order valence-corrected chi connectivity index (χ0v) is 15.0. The van der Waals surface area contributed by atoms with E-state index in [1.807, 2.05) is 0 Å². The standard InChI is InChI=1S/C15H20N4O6.ClH/c1-24-7-6-16-4-5-17-14(20)9-18-12-8-11(19(22)23)2-3-13(12)25-10-15(18)21;/h2-3,8,16H,4-7,9-10H2,1H3,(H,17,20);1H. The number of benzene rings is 1. The molecule has 0 saturated heterocycles. The number of fused-ring (bicyclic) bond motifs is 1. The van der Waals surface area contributed by atoms with Crippen LogP contribution in [0, 0.1) is 10.1 Å². The van der Waals surface area contributed by atoms with E-state index < -0.39 is 10.8 Å². The Kier molecular flexibility index (Phi) is 8.76. The summed E-state index contributed by atoms with van der Waals surface area (Å²) < 4.78 is 10.1. The number of carbonyl (C=O) groups excluding carboxylic acids is 2. The van der Waals surface area contributed by atoms with Crippen LogP contribution in [-0.2, 0) is 14.3 Å². The number of amides is 2. The fraction of sp³-hybridized carbons (Fsp3) is 0.467. The molecule has 0 unspecified atom stereocenters. The Bertz CT molecular complexity index is 657. The van der Waals surface area contributed by atoms with Crippen LogP contribution in [0.15, 0.2) is 18.2 Å². The van der Waals surface area contributed by atoms with E-state index in [2.05, 4.69) is 10.6 Å². The maximum atomic E-state index is 12.0. The molecule has 11 heteroatoms. The van der Waals surface area contributed by atoms with Gasteiger partial charge in [-0.25, -0.2) is 0 Å². The lowest BCUT2D eigenvalue weighted by molar-refractivity contribution is -0.384. The second-order valence-corrected chi connectivity index (χ2v) is 5.27. The highest BCUT2D eigenvalue weighted by atomic mass is 35.5. The molecule has 1 aliphatic rings. The van der Waals surface area contributed by atoms with E-state index in [4.69, 9.17) is 9.47 Å². The number of halogens is 1. The minimum atomic E-state index is -0.566. The van der Waals surface area contributed by atoms with Crippen molar-refractivity contribution < 1.29 is 24.0 Å². The van der Waals surface area contributed by atoms with Crippen LogP contribution in [0.4, 0.5) is 11.4 Å². The van der Waals surface area contributed by atoms with Crippen molar-refractivity contribution in [2.45, 2.75) is 0 Å². The number of anilines is 1. The van der Waals surface area contributed by atoms with Gasteiger partial charge >= 0.3 is 0 Å². The molecule has 2 amide bonds. The molecule has 2 rings (SSSR count). The summed E-state index contributed by atoms with van der Waals surface area (Å²) in [6.07, 6.45) is 0. The fourth-order valence-electron chi connectivity index (χ4n) is 2.27. The van der Waals surface area contributed by atoms with Gasteiger partial charge in [0.1, 0.15) is 12.3 Å². The smallest absolute Gasteiger partial charge is 0.271 e. The van der Waals surface area contributed by atoms with Crippen molar-refractivity contribution in [3.63, 3.8) is 0 Å². The van der Waals surface area contributed by atoms with E-state index in [1.54, 1.807) is 7.11 Å². The highest BCUT2D eigenvalue weighted by Gasteiger charge is 2.29. The van der Waals surface area contributed by atoms with Gasteiger partial charge in [0, 0.05) is 38.9 Å². The molecule has 10 nitrogen and oxygen atoms in total. The van der Waals surface area contributed by atoms with Crippen LogP contribution in [0.1, 0.15) is 0 Å². The van der Waals surface area contributed by atoms with Gasteiger partial charge in [-0.15, -0.1) is 12.4 Å². The number of nitro benzene ring substituents is 1. The van der Waals surface area contributed by atoms with E-state index >= 15 is 0 Å². The molecule has 0 atom stereocenters. The Morgan fingerprint density at radius 2 is 2.15 bits per heavy atom. The molecule has 26 heavy (non-hydrogen) atoms. The first-order valence-electron chi connectivity index (χ1n) is 7.71. The lowest BCUT2D eigenvalue weighted by atomic mass is 10.2. The van der Waals surface area contributed by atoms with Gasteiger partial charge in [-0.05, 0) is 6.07 Å². The van der Waals surface area contributed by atoms with E-state index in [0.717, 1.165) is 0 Å². The second kappa shape index (κ2) is 10.5. The molecular weight excluding hydrogens is 368 g/mol. The van der Waals surface area contributed by atoms with E-state index in [0.29, 0.717) is 32.0 Å². The molecule has 0 radical (unpaired) electrons. The fourth-order valence-corrected chi connectivity index (χ4v) is 2.27. The van der Waals surface area contributed by atoms with Crippen LogP contribution >= 0.6 is 12.4 Å². The summed E-state index contributed by atoms with van der Waals surface area (Å²) >= 11 is 0. The Morgan fingerprint density at radius 1 is 1.38 bits per heavy atom. The summed E-state index contributed by atoms with van der Waals surface area (Å²) in [5, 5.41) is 16.7. The number of rotatable bonds is 9. The average Bonchev–Trinajstić information content (AvgIpc) is 2.60. The number of carbonyl (C=O) groups is 2. The minimum absolute atomic E-state index is 0. The molecule has 0 bridgehead atoms. The van der Waals surface area contributed by atoms with Gasteiger partial charge < -0.3 is 20.1 Å². The number of non-ortho nitro benzene ring substituents is 1. The van der Waals surface area contributed by atoms with Crippen LogP contribution in [0.3, 0.4) is 0 Å². The molecule has 0 aromatic heterocycles. The topological polar surface area (TPSA) is 123 Å². The summed E-state index contributed by atoms with van der Waals surface area (Å²) in [4.78, 5) is 35.6. The molecule has 0 saturated carbocycles. The lowest BCUT2D eigenvalue weighted by Gasteiger charge is -2.28. The predicted octanol–water partition coefficient (Wildman–Crippen LogP) is 0.0942. The number of methoxy groups -OCH3 is 1. The third-order valence-corrected chi connectivity index (χ3v) is 3.50. The molecule has 2 N–H and O–H groups in total. The zero-order valence-electron chi connectivity index (χ0n) is 14.2. The first-order valence-corrected chi connectivity index (χ1v) is 7.71. The molecular formula is C15H21ClN4O6. The van der Waals surface area contributed by atoms with E-state index in [9.17, 15) is 19.7 Å². The highest BCUT2D eigenvalue weighted by Crippen LogP contribution is 2.34. The molecule has 1 aliphatic heterocycles. The largest absolute Gasteiger partial charge is 0.482 e. The normalized spacial score (nSPS) is 12.7. The number of hydrogen-bond donors (Lipinski definition) is 2. The van der Waals surface area contributed by atoms with Crippen molar-refractivity contribution >= 4 is 35.6 Å². The molecule has 0 fully saturated rings. The van der Waals surface area contributed by atoms with Crippen LogP contribution in [0.5, 0.6) is 5.75 Å². The van der Waals surface area contributed by atoms with Crippen molar-refractivity contribution in [1.82, 2.24) is 10.6 Å². The van der Waals surface area contributed by atoms with Gasteiger partial charge in [0.25, 0.3) is 11.6 Å². The second-order valence-electron chi connectivity index (χ2n) is 5.27. The Hall–Kier alpha value is -2.43. The van der Waals surface area contributed by atoms with Gasteiger partial charge in [0.15, 0.2) is 6.61 Å². The van der Waals surface area contributed by atoms with Gasteiger partial charge in [0.05, 0.1) is 17.2 Å². The number of nitrogens with zero attached hydrogens (tertiary/aromatic N) is 2. The van der Waals surface area contributed by atoms with Crippen LogP contribution in [0.25, 0.3) is 0 Å². The monoisotopic (exact) mass is 388 g/mol. The van der Waals surface area contributed by atoms with Crippen molar-refractivity contribution in [3.8, 4) is 5.75 Å². The third-order valence-electron chi connectivity index (χ3n) is 3.50. The van der Waals surface area contributed by atoms with Crippen LogP contribution < -0.4 is 20.3 Å². The highest BCUT2D eigenvalue weighted by molar-refractivity contribution is 6.02. The Labute approximate surface area is 156 Å². The van der Waals surface area contributed by atoms with Crippen LogP contribution in [-0.4, -0.2) is 63.2 Å². The van der Waals surface area contributed by atoms with Crippen molar-refractivity contribution in [3.05, 3.63) is 28.3 Å². The Morgan fingerprint density at radius 3 is 2.85 bits per heavy atom. The summed E-state index contributed by atoms with van der Waals surface area (Å²) in [6.45, 7) is 1.76. The average molecular weight is 389 g/mol. The zero-order chi connectivity index (χ0) is 18.2. The van der Waals surface area contributed by atoms with Crippen molar-refractivity contribution in [2.75, 3.05) is 51.4 Å². The summed E-state index contributed by atoms with van der Waals surface area (Å²) in [7, 11) is 1.60. The maximum Gasteiger partial charge on any atom is 0.271 e. The van der Waals surface area contributed by atoms with Gasteiger partial charge in [0.2, 0.25) is 5.91 Å². The molecule has 0 spiro atoms. The first kappa shape index (κ1) is 21.6. The SMILES string of the molecule is COCCNCCNC(=O)CN1C(=O)COc2ccc([N+](=O)[O-])cc21.Cl. The third kappa shape index (κ3) is 5.83. The van der Waals surface area contributed by atoms with Gasteiger partial charge in [-0.2, -0.15) is 0 Å². The minimum Gasteiger partial charge on any atom is -0.482 e. The molecule has 144 valence electrons. The number of hydrogen-bond acceptors (Lipinski definition) is 7. The predicted molar refractivity (Wildman–Crippen MR) is 95.9 cm³/mol. The van der Waals surface area contributed by atoms with Crippen molar-refractivity contribution in [2.24, 2.45) is 0 Å². The molecule has 1 heterocycles. The summed E-state index contributed by atoms with van der Waals surface area (Å²) in [6, 6.07) is 3.94. The molecule has 1 aromatic carbocycles.